The SMILES string of the molecule is O=S(=O)(NC1CCN(c2ncc(C(F)(F)F)s2)CC1)c1cccs1. The van der Waals surface area contributed by atoms with E-state index < -0.39 is 21.1 Å². The molecule has 0 unspecified atom stereocenters. The number of halogens is 3. The van der Waals surface area contributed by atoms with Gasteiger partial charge in [-0.25, -0.2) is 18.1 Å². The standard InChI is InChI=1S/C13H14F3N3O2S3/c14-13(15,16)10-8-17-12(23-10)19-5-3-9(4-6-19)18-24(20,21)11-2-1-7-22-11/h1-2,7-9,18H,3-6H2. The molecule has 1 aliphatic rings. The van der Waals surface area contributed by atoms with Gasteiger partial charge < -0.3 is 4.90 Å². The van der Waals surface area contributed by atoms with Crippen molar-refractivity contribution in [1.29, 1.82) is 0 Å². The zero-order valence-electron chi connectivity index (χ0n) is 12.3. The lowest BCUT2D eigenvalue weighted by molar-refractivity contribution is -0.134. The maximum atomic E-state index is 12.6. The Bertz CT molecular complexity index is 779. The summed E-state index contributed by atoms with van der Waals surface area (Å²) < 4.78 is 65.2. The summed E-state index contributed by atoms with van der Waals surface area (Å²) >= 11 is 1.76. The van der Waals surface area contributed by atoms with Gasteiger partial charge in [-0.3, -0.25) is 0 Å². The second-order valence-electron chi connectivity index (χ2n) is 5.32. The van der Waals surface area contributed by atoms with Crippen LogP contribution in [0.4, 0.5) is 18.3 Å². The van der Waals surface area contributed by atoms with Gasteiger partial charge in [-0.15, -0.1) is 11.3 Å². The summed E-state index contributed by atoms with van der Waals surface area (Å²) in [5, 5.41) is 2.01. The molecule has 0 spiro atoms. The third-order valence-corrected chi connectivity index (χ3v) is 7.64. The molecule has 0 aliphatic carbocycles. The van der Waals surface area contributed by atoms with E-state index in [2.05, 4.69) is 9.71 Å². The number of aromatic nitrogens is 1. The van der Waals surface area contributed by atoms with E-state index in [0.717, 1.165) is 17.5 Å². The molecule has 24 heavy (non-hydrogen) atoms. The summed E-state index contributed by atoms with van der Waals surface area (Å²) in [6.45, 7) is 0.922. The van der Waals surface area contributed by atoms with Crippen molar-refractivity contribution in [2.24, 2.45) is 0 Å². The maximum absolute atomic E-state index is 12.6. The molecule has 0 amide bonds. The lowest BCUT2D eigenvalue weighted by Crippen LogP contribution is -2.44. The van der Waals surface area contributed by atoms with Crippen molar-refractivity contribution in [3.8, 4) is 0 Å². The fraction of sp³-hybridized carbons (Fsp3) is 0.462. The van der Waals surface area contributed by atoms with E-state index in [1.54, 1.807) is 16.3 Å². The summed E-state index contributed by atoms with van der Waals surface area (Å²) in [7, 11) is -3.53. The molecule has 0 bridgehead atoms. The molecular weight excluding hydrogens is 383 g/mol. The Hall–Kier alpha value is -1.17. The summed E-state index contributed by atoms with van der Waals surface area (Å²) in [6.07, 6.45) is -2.51. The Balaban J connectivity index is 1.59. The van der Waals surface area contributed by atoms with E-state index in [-0.39, 0.29) is 10.3 Å². The van der Waals surface area contributed by atoms with Crippen LogP contribution in [0.5, 0.6) is 0 Å². The van der Waals surface area contributed by atoms with Crippen LogP contribution in [0.2, 0.25) is 0 Å². The van der Waals surface area contributed by atoms with Gasteiger partial charge in [-0.1, -0.05) is 17.4 Å². The fourth-order valence-corrected chi connectivity index (χ4v) is 5.57. The molecule has 3 heterocycles. The molecule has 0 aromatic carbocycles. The molecule has 5 nitrogen and oxygen atoms in total. The van der Waals surface area contributed by atoms with Crippen molar-refractivity contribution in [3.05, 3.63) is 28.6 Å². The van der Waals surface area contributed by atoms with Gasteiger partial charge in [-0.05, 0) is 24.3 Å². The molecule has 0 radical (unpaired) electrons. The van der Waals surface area contributed by atoms with Gasteiger partial charge in [0.15, 0.2) is 5.13 Å². The van der Waals surface area contributed by atoms with Gasteiger partial charge >= 0.3 is 6.18 Å². The Morgan fingerprint density at radius 3 is 2.54 bits per heavy atom. The quantitative estimate of drug-likeness (QED) is 0.861. The monoisotopic (exact) mass is 397 g/mol. The molecule has 1 aliphatic heterocycles. The van der Waals surface area contributed by atoms with Crippen molar-refractivity contribution in [2.45, 2.75) is 29.3 Å². The molecule has 0 atom stereocenters. The highest BCUT2D eigenvalue weighted by Gasteiger charge is 2.34. The number of nitrogens with one attached hydrogen (secondary N) is 1. The van der Waals surface area contributed by atoms with Gasteiger partial charge in [0.2, 0.25) is 10.0 Å². The normalized spacial score (nSPS) is 17.4. The number of thiophene rings is 1. The van der Waals surface area contributed by atoms with Gasteiger partial charge in [-0.2, -0.15) is 13.2 Å². The van der Waals surface area contributed by atoms with Crippen molar-refractivity contribution < 1.29 is 21.6 Å². The molecule has 132 valence electrons. The molecule has 1 saturated heterocycles. The van der Waals surface area contributed by atoms with Gasteiger partial charge in [0, 0.05) is 19.1 Å². The van der Waals surface area contributed by atoms with E-state index >= 15 is 0 Å². The lowest BCUT2D eigenvalue weighted by atomic mass is 10.1. The van der Waals surface area contributed by atoms with Crippen LogP contribution in [0.25, 0.3) is 0 Å². The van der Waals surface area contributed by atoms with Crippen LogP contribution < -0.4 is 9.62 Å². The van der Waals surface area contributed by atoms with Crippen LogP contribution in [0.3, 0.4) is 0 Å². The third-order valence-electron chi connectivity index (χ3n) is 3.62. The summed E-state index contributed by atoms with van der Waals surface area (Å²) in [6, 6.07) is 2.98. The predicted molar refractivity (Wildman–Crippen MR) is 87.0 cm³/mol. The lowest BCUT2D eigenvalue weighted by Gasteiger charge is -2.31. The van der Waals surface area contributed by atoms with Gasteiger partial charge in [0.05, 0.1) is 6.20 Å². The van der Waals surface area contributed by atoms with Crippen molar-refractivity contribution in [3.63, 3.8) is 0 Å². The third kappa shape index (κ3) is 3.90. The van der Waals surface area contributed by atoms with Crippen LogP contribution in [-0.4, -0.2) is 32.5 Å². The molecule has 2 aromatic rings. The minimum absolute atomic E-state index is 0.226. The number of piperidine rings is 1. The Morgan fingerprint density at radius 1 is 1.29 bits per heavy atom. The molecule has 1 N–H and O–H groups in total. The van der Waals surface area contributed by atoms with E-state index in [0.29, 0.717) is 42.4 Å². The number of anilines is 1. The fourth-order valence-electron chi connectivity index (χ4n) is 2.42. The first-order chi connectivity index (χ1) is 11.3. The molecule has 3 rings (SSSR count). The molecule has 1 fully saturated rings. The number of hydrogen-bond acceptors (Lipinski definition) is 6. The van der Waals surface area contributed by atoms with Gasteiger partial charge in [0.1, 0.15) is 9.09 Å². The van der Waals surface area contributed by atoms with Crippen molar-refractivity contribution in [1.82, 2.24) is 9.71 Å². The molecule has 0 saturated carbocycles. The number of sulfonamides is 1. The minimum Gasteiger partial charge on any atom is -0.348 e. The second kappa shape index (κ2) is 6.62. The Morgan fingerprint density at radius 2 is 2.00 bits per heavy atom. The first-order valence-electron chi connectivity index (χ1n) is 7.09. The van der Waals surface area contributed by atoms with Crippen LogP contribution in [0, 0.1) is 0 Å². The zero-order chi connectivity index (χ0) is 17.4. The number of rotatable bonds is 4. The molecule has 11 heteroatoms. The Labute approximate surface area is 145 Å². The van der Waals surface area contributed by atoms with Crippen molar-refractivity contribution in [2.75, 3.05) is 18.0 Å². The van der Waals surface area contributed by atoms with E-state index in [1.807, 2.05) is 0 Å². The van der Waals surface area contributed by atoms with Crippen LogP contribution in [0.1, 0.15) is 17.7 Å². The summed E-state index contributed by atoms with van der Waals surface area (Å²) in [5.74, 6) is 0. The van der Waals surface area contributed by atoms with Crippen molar-refractivity contribution >= 4 is 37.8 Å². The molecular formula is C13H14F3N3O2S3. The largest absolute Gasteiger partial charge is 0.427 e. The van der Waals surface area contributed by atoms with E-state index in [1.165, 1.54) is 6.07 Å². The number of alkyl halides is 3. The summed E-state index contributed by atoms with van der Waals surface area (Å²) in [4.78, 5) is 4.87. The summed E-state index contributed by atoms with van der Waals surface area (Å²) in [5.41, 5.74) is 0. The zero-order valence-corrected chi connectivity index (χ0v) is 14.7. The predicted octanol–water partition coefficient (Wildman–Crippen LogP) is 3.17. The van der Waals surface area contributed by atoms with E-state index in [9.17, 15) is 21.6 Å². The highest BCUT2D eigenvalue weighted by atomic mass is 32.2. The smallest absolute Gasteiger partial charge is 0.348 e. The number of nitrogens with zero attached hydrogens (tertiary/aromatic N) is 2. The highest BCUT2D eigenvalue weighted by molar-refractivity contribution is 7.91. The topological polar surface area (TPSA) is 62.3 Å². The number of hydrogen-bond donors (Lipinski definition) is 1. The average Bonchev–Trinajstić information content (AvgIpc) is 3.19. The highest BCUT2D eigenvalue weighted by Crippen LogP contribution is 2.36. The Kier molecular flexibility index (Phi) is 4.87. The molecule has 2 aromatic heterocycles. The van der Waals surface area contributed by atoms with Crippen LogP contribution >= 0.6 is 22.7 Å². The first-order valence-corrected chi connectivity index (χ1v) is 10.3. The van der Waals surface area contributed by atoms with Gasteiger partial charge in [0.25, 0.3) is 0 Å². The number of thiazole rings is 1. The minimum atomic E-state index is -4.38. The second-order valence-corrected chi connectivity index (χ2v) is 9.22. The average molecular weight is 397 g/mol. The van der Waals surface area contributed by atoms with Crippen LogP contribution in [-0.2, 0) is 16.2 Å². The van der Waals surface area contributed by atoms with Crippen LogP contribution in [0.15, 0.2) is 27.9 Å². The maximum Gasteiger partial charge on any atom is 0.427 e. The van der Waals surface area contributed by atoms with E-state index in [4.69, 9.17) is 0 Å². The first kappa shape index (κ1) is 17.6.